The monoisotopic (exact) mass is 410 g/mol. The maximum atomic E-state index is 13.1. The Morgan fingerprint density at radius 3 is 2.79 bits per heavy atom. The van der Waals surface area contributed by atoms with Gasteiger partial charge in [0.2, 0.25) is 21.8 Å². The van der Waals surface area contributed by atoms with Gasteiger partial charge in [-0.2, -0.15) is 9.29 Å². The lowest BCUT2D eigenvalue weighted by atomic mass is 9.99. The van der Waals surface area contributed by atoms with E-state index < -0.39 is 21.8 Å². The average Bonchev–Trinajstić information content (AvgIpc) is 3.10. The SMILES string of the molecule is Cc1noc(CCCNC(=O)C2CCCN(S(=O)(=O)c3ccc(F)cc3)C2)n1. The van der Waals surface area contributed by atoms with Crippen molar-refractivity contribution in [3.8, 4) is 0 Å². The van der Waals surface area contributed by atoms with Crippen LogP contribution in [0.4, 0.5) is 4.39 Å². The van der Waals surface area contributed by atoms with Crippen LogP contribution in [0.1, 0.15) is 31.0 Å². The van der Waals surface area contributed by atoms with Crippen LogP contribution in [0.15, 0.2) is 33.7 Å². The molecule has 152 valence electrons. The van der Waals surface area contributed by atoms with Gasteiger partial charge in [-0.1, -0.05) is 5.16 Å². The van der Waals surface area contributed by atoms with Gasteiger partial charge in [-0.3, -0.25) is 4.79 Å². The van der Waals surface area contributed by atoms with Gasteiger partial charge in [-0.25, -0.2) is 12.8 Å². The molecule has 1 amide bonds. The molecule has 0 bridgehead atoms. The lowest BCUT2D eigenvalue weighted by Gasteiger charge is -2.31. The number of nitrogens with zero attached hydrogens (tertiary/aromatic N) is 3. The number of carbonyl (C=O) groups excluding carboxylic acids is 1. The van der Waals surface area contributed by atoms with Crippen molar-refractivity contribution in [3.05, 3.63) is 41.8 Å². The van der Waals surface area contributed by atoms with Crippen molar-refractivity contribution in [3.63, 3.8) is 0 Å². The van der Waals surface area contributed by atoms with Crippen LogP contribution in [0, 0.1) is 18.7 Å². The second kappa shape index (κ2) is 8.78. The standard InChI is InChI=1S/C18H23FN4O4S/c1-13-21-17(27-22-13)5-2-10-20-18(24)14-4-3-11-23(12-14)28(25,26)16-8-6-15(19)7-9-16/h6-9,14H,2-5,10-12H2,1H3,(H,20,24). The summed E-state index contributed by atoms with van der Waals surface area (Å²) in [5.41, 5.74) is 0. The number of halogens is 1. The third kappa shape index (κ3) is 4.93. The molecule has 1 aromatic carbocycles. The Balaban J connectivity index is 1.52. The van der Waals surface area contributed by atoms with Crippen LogP contribution in [-0.2, 0) is 21.2 Å². The molecule has 1 aliphatic heterocycles. The third-order valence-corrected chi connectivity index (χ3v) is 6.52. The molecule has 0 saturated carbocycles. The molecular weight excluding hydrogens is 387 g/mol. The highest BCUT2D eigenvalue weighted by Gasteiger charge is 2.33. The Bertz CT molecular complexity index is 914. The summed E-state index contributed by atoms with van der Waals surface area (Å²) in [6.45, 7) is 2.65. The Kier molecular flexibility index (Phi) is 6.40. The van der Waals surface area contributed by atoms with Gasteiger partial charge in [0, 0.05) is 26.1 Å². The second-order valence-electron chi connectivity index (χ2n) is 6.79. The van der Waals surface area contributed by atoms with Crippen molar-refractivity contribution in [1.29, 1.82) is 0 Å². The number of nitrogens with one attached hydrogen (secondary N) is 1. The summed E-state index contributed by atoms with van der Waals surface area (Å²) >= 11 is 0. The first kappa shape index (κ1) is 20.4. The van der Waals surface area contributed by atoms with Crippen molar-refractivity contribution in [2.45, 2.75) is 37.5 Å². The molecule has 2 heterocycles. The number of aromatic nitrogens is 2. The highest BCUT2D eigenvalue weighted by molar-refractivity contribution is 7.89. The normalized spacial score (nSPS) is 18.1. The molecular formula is C18H23FN4O4S. The Morgan fingerprint density at radius 1 is 1.36 bits per heavy atom. The molecule has 1 fully saturated rings. The van der Waals surface area contributed by atoms with Gasteiger partial charge in [0.15, 0.2) is 5.82 Å². The lowest BCUT2D eigenvalue weighted by molar-refractivity contribution is -0.126. The summed E-state index contributed by atoms with van der Waals surface area (Å²) in [6.07, 6.45) is 2.44. The van der Waals surface area contributed by atoms with E-state index in [1.165, 1.54) is 16.4 Å². The van der Waals surface area contributed by atoms with Crippen molar-refractivity contribution in [2.24, 2.45) is 5.92 Å². The van der Waals surface area contributed by atoms with E-state index in [0.717, 1.165) is 12.1 Å². The molecule has 1 unspecified atom stereocenters. The fraction of sp³-hybridized carbons (Fsp3) is 0.500. The zero-order valence-electron chi connectivity index (χ0n) is 15.6. The number of amides is 1. The molecule has 1 aliphatic rings. The van der Waals surface area contributed by atoms with E-state index in [1.807, 2.05) is 0 Å². The second-order valence-corrected chi connectivity index (χ2v) is 8.72. The number of piperidine rings is 1. The summed E-state index contributed by atoms with van der Waals surface area (Å²) in [7, 11) is -3.75. The summed E-state index contributed by atoms with van der Waals surface area (Å²) in [5.74, 6) is 0.0329. The summed E-state index contributed by atoms with van der Waals surface area (Å²) < 4.78 is 44.9. The number of benzene rings is 1. The number of aryl methyl sites for hydroxylation is 2. The number of sulfonamides is 1. The molecule has 0 spiro atoms. The molecule has 0 aliphatic carbocycles. The van der Waals surface area contributed by atoms with Crippen LogP contribution in [0.25, 0.3) is 0 Å². The Labute approximate surface area is 163 Å². The van der Waals surface area contributed by atoms with Gasteiger partial charge in [-0.05, 0) is 50.5 Å². The van der Waals surface area contributed by atoms with Crippen LogP contribution in [0.5, 0.6) is 0 Å². The van der Waals surface area contributed by atoms with Gasteiger partial charge in [0.1, 0.15) is 5.82 Å². The number of hydrogen-bond donors (Lipinski definition) is 1. The molecule has 1 aromatic heterocycles. The van der Waals surface area contributed by atoms with Crippen molar-refractivity contribution in [2.75, 3.05) is 19.6 Å². The third-order valence-electron chi connectivity index (χ3n) is 4.64. The summed E-state index contributed by atoms with van der Waals surface area (Å²) in [5, 5.41) is 6.56. The first-order chi connectivity index (χ1) is 13.4. The van der Waals surface area contributed by atoms with Crippen molar-refractivity contribution >= 4 is 15.9 Å². The predicted octanol–water partition coefficient (Wildman–Crippen LogP) is 1.67. The molecule has 3 rings (SSSR count). The van der Waals surface area contributed by atoms with Crippen LogP contribution in [0.2, 0.25) is 0 Å². The zero-order chi connectivity index (χ0) is 20.1. The Morgan fingerprint density at radius 2 is 2.11 bits per heavy atom. The van der Waals surface area contributed by atoms with E-state index in [0.29, 0.717) is 50.5 Å². The highest BCUT2D eigenvalue weighted by Crippen LogP contribution is 2.24. The molecule has 0 radical (unpaired) electrons. The van der Waals surface area contributed by atoms with E-state index in [2.05, 4.69) is 15.5 Å². The highest BCUT2D eigenvalue weighted by atomic mass is 32.2. The summed E-state index contributed by atoms with van der Waals surface area (Å²) in [6, 6.07) is 4.72. The Hall–Kier alpha value is -2.33. The quantitative estimate of drug-likeness (QED) is 0.696. The fourth-order valence-corrected chi connectivity index (χ4v) is 4.69. The minimum absolute atomic E-state index is 0.0322. The first-order valence-electron chi connectivity index (χ1n) is 9.19. The topological polar surface area (TPSA) is 105 Å². The van der Waals surface area contributed by atoms with Gasteiger partial charge in [0.05, 0.1) is 10.8 Å². The fourth-order valence-electron chi connectivity index (χ4n) is 3.17. The molecule has 28 heavy (non-hydrogen) atoms. The maximum absolute atomic E-state index is 13.1. The molecule has 1 saturated heterocycles. The number of carbonyl (C=O) groups is 1. The van der Waals surface area contributed by atoms with Gasteiger partial charge >= 0.3 is 0 Å². The average molecular weight is 410 g/mol. The molecule has 2 aromatic rings. The van der Waals surface area contributed by atoms with E-state index in [1.54, 1.807) is 6.92 Å². The largest absolute Gasteiger partial charge is 0.356 e. The molecule has 8 nitrogen and oxygen atoms in total. The summed E-state index contributed by atoms with van der Waals surface area (Å²) in [4.78, 5) is 16.6. The maximum Gasteiger partial charge on any atom is 0.243 e. The lowest BCUT2D eigenvalue weighted by Crippen LogP contribution is -2.45. The van der Waals surface area contributed by atoms with Crippen LogP contribution in [-0.4, -0.2) is 48.4 Å². The number of rotatable bonds is 7. The van der Waals surface area contributed by atoms with Crippen LogP contribution < -0.4 is 5.32 Å². The van der Waals surface area contributed by atoms with E-state index in [4.69, 9.17) is 4.52 Å². The molecule has 1 N–H and O–H groups in total. The van der Waals surface area contributed by atoms with Crippen molar-refractivity contribution in [1.82, 2.24) is 19.8 Å². The molecule has 10 heteroatoms. The van der Waals surface area contributed by atoms with Crippen LogP contribution in [0.3, 0.4) is 0 Å². The van der Waals surface area contributed by atoms with Gasteiger partial charge in [0.25, 0.3) is 0 Å². The zero-order valence-corrected chi connectivity index (χ0v) is 16.4. The van der Waals surface area contributed by atoms with E-state index in [9.17, 15) is 17.6 Å². The number of hydrogen-bond acceptors (Lipinski definition) is 6. The first-order valence-corrected chi connectivity index (χ1v) is 10.6. The minimum Gasteiger partial charge on any atom is -0.356 e. The van der Waals surface area contributed by atoms with Gasteiger partial charge < -0.3 is 9.84 Å². The smallest absolute Gasteiger partial charge is 0.243 e. The minimum atomic E-state index is -3.75. The van der Waals surface area contributed by atoms with Crippen LogP contribution >= 0.6 is 0 Å². The van der Waals surface area contributed by atoms with E-state index >= 15 is 0 Å². The van der Waals surface area contributed by atoms with Crippen molar-refractivity contribution < 1.29 is 22.1 Å². The van der Waals surface area contributed by atoms with Gasteiger partial charge in [-0.15, -0.1) is 0 Å². The molecule has 1 atom stereocenters. The van der Waals surface area contributed by atoms with E-state index in [-0.39, 0.29) is 17.3 Å². The predicted molar refractivity (Wildman–Crippen MR) is 98.2 cm³/mol.